The van der Waals surface area contributed by atoms with E-state index in [0.717, 1.165) is 25.5 Å². The number of aryl methyl sites for hydroxylation is 1. The van der Waals surface area contributed by atoms with E-state index in [4.69, 9.17) is 4.74 Å². The minimum atomic E-state index is -4.26. The van der Waals surface area contributed by atoms with Crippen molar-refractivity contribution >= 4 is 43.5 Å². The molecule has 0 spiro atoms. The molecule has 0 aromatic heterocycles. The van der Waals surface area contributed by atoms with Crippen molar-refractivity contribution in [1.29, 1.82) is 0 Å². The Kier molecular flexibility index (Phi) is 11.9. The van der Waals surface area contributed by atoms with Crippen molar-refractivity contribution in [2.45, 2.75) is 64.1 Å². The lowest BCUT2D eigenvalue weighted by Gasteiger charge is -2.35. The van der Waals surface area contributed by atoms with Gasteiger partial charge in [-0.2, -0.15) is 0 Å². The molecule has 0 bridgehead atoms. The summed E-state index contributed by atoms with van der Waals surface area (Å²) in [5.74, 6) is -0.562. The molecule has 0 heterocycles. The number of benzene rings is 4. The Balaban J connectivity index is 1.85. The molecule has 248 valence electrons. The van der Waals surface area contributed by atoms with Crippen LogP contribution >= 0.6 is 15.9 Å². The van der Waals surface area contributed by atoms with Crippen LogP contribution in [0.4, 0.5) is 5.69 Å². The monoisotopic (exact) mass is 719 g/mol. The summed E-state index contributed by atoms with van der Waals surface area (Å²) in [6.45, 7) is 9.12. The molecule has 47 heavy (non-hydrogen) atoms. The van der Waals surface area contributed by atoms with Gasteiger partial charge in [-0.15, -0.1) is 0 Å². The number of amides is 2. The van der Waals surface area contributed by atoms with Crippen molar-refractivity contribution in [2.24, 2.45) is 0 Å². The SMILES string of the molecule is CCOc1ccccc1N(CC(=O)N(Cc1cccc(Br)c1)C(Cc1ccccc1)C(=O)NC(C)(C)C)S(=O)(=O)c1ccc(C)cc1. The van der Waals surface area contributed by atoms with E-state index in [1.807, 2.05) is 89.2 Å². The lowest BCUT2D eigenvalue weighted by atomic mass is 10.0. The molecule has 0 saturated carbocycles. The predicted octanol–water partition coefficient (Wildman–Crippen LogP) is 6.91. The lowest BCUT2D eigenvalue weighted by Crippen LogP contribution is -2.56. The fourth-order valence-electron chi connectivity index (χ4n) is 5.13. The first-order valence-electron chi connectivity index (χ1n) is 15.5. The molecule has 1 N–H and O–H groups in total. The summed E-state index contributed by atoms with van der Waals surface area (Å²) < 4.78 is 36.5. The summed E-state index contributed by atoms with van der Waals surface area (Å²) in [6, 6.07) is 29.3. The second-order valence-electron chi connectivity index (χ2n) is 12.3. The lowest BCUT2D eigenvalue weighted by molar-refractivity contribution is -0.140. The van der Waals surface area contributed by atoms with E-state index in [0.29, 0.717) is 12.4 Å². The summed E-state index contributed by atoms with van der Waals surface area (Å²) in [5.41, 5.74) is 2.18. The number of rotatable bonds is 13. The largest absolute Gasteiger partial charge is 0.492 e. The average Bonchev–Trinajstić information content (AvgIpc) is 3.02. The highest BCUT2D eigenvalue weighted by Crippen LogP contribution is 2.33. The highest BCUT2D eigenvalue weighted by molar-refractivity contribution is 9.10. The molecule has 0 radical (unpaired) electrons. The number of carbonyl (C=O) groups is 2. The molecule has 2 amide bonds. The molecular weight excluding hydrogens is 678 g/mol. The van der Waals surface area contributed by atoms with Gasteiger partial charge in [-0.05, 0) is 82.1 Å². The molecule has 10 heteroatoms. The molecule has 4 aromatic rings. The van der Waals surface area contributed by atoms with Crippen molar-refractivity contribution < 1.29 is 22.7 Å². The second-order valence-corrected chi connectivity index (χ2v) is 15.1. The van der Waals surface area contributed by atoms with Gasteiger partial charge in [0, 0.05) is 23.0 Å². The van der Waals surface area contributed by atoms with Crippen LogP contribution in [0.1, 0.15) is 44.4 Å². The minimum absolute atomic E-state index is 0.0343. The Morgan fingerprint density at radius 1 is 0.872 bits per heavy atom. The number of ether oxygens (including phenoxy) is 1. The van der Waals surface area contributed by atoms with Gasteiger partial charge in [0.1, 0.15) is 18.3 Å². The Hall–Kier alpha value is -4.15. The van der Waals surface area contributed by atoms with Gasteiger partial charge in [-0.25, -0.2) is 8.42 Å². The Bertz CT molecular complexity index is 1770. The maximum Gasteiger partial charge on any atom is 0.264 e. The molecule has 0 aliphatic rings. The van der Waals surface area contributed by atoms with Gasteiger partial charge in [0.15, 0.2) is 0 Å². The molecule has 4 aromatic carbocycles. The number of hydrogen-bond donors (Lipinski definition) is 1. The molecule has 0 aliphatic heterocycles. The Labute approximate surface area is 286 Å². The normalized spacial score (nSPS) is 12.2. The van der Waals surface area contributed by atoms with Crippen LogP contribution in [0.3, 0.4) is 0 Å². The fourth-order valence-corrected chi connectivity index (χ4v) is 7.00. The first-order chi connectivity index (χ1) is 22.3. The molecule has 0 saturated heterocycles. The van der Waals surface area contributed by atoms with Gasteiger partial charge in [0.2, 0.25) is 11.8 Å². The van der Waals surface area contributed by atoms with Crippen LogP contribution in [0.25, 0.3) is 0 Å². The minimum Gasteiger partial charge on any atom is -0.492 e. The molecule has 4 rings (SSSR count). The van der Waals surface area contributed by atoms with Crippen molar-refractivity contribution in [3.05, 3.63) is 124 Å². The Morgan fingerprint density at radius 2 is 1.51 bits per heavy atom. The van der Waals surface area contributed by atoms with E-state index in [1.165, 1.54) is 17.0 Å². The average molecular weight is 721 g/mol. The number of anilines is 1. The van der Waals surface area contributed by atoms with Gasteiger partial charge in [-0.1, -0.05) is 88.2 Å². The maximum atomic E-state index is 14.7. The molecule has 1 unspecified atom stereocenters. The van der Waals surface area contributed by atoms with Gasteiger partial charge in [-0.3, -0.25) is 13.9 Å². The quantitative estimate of drug-likeness (QED) is 0.162. The topological polar surface area (TPSA) is 96.0 Å². The number of para-hydroxylation sites is 2. The summed E-state index contributed by atoms with van der Waals surface area (Å²) in [4.78, 5) is 30.3. The van der Waals surface area contributed by atoms with Crippen LogP contribution in [0.15, 0.2) is 112 Å². The highest BCUT2D eigenvalue weighted by atomic mass is 79.9. The smallest absolute Gasteiger partial charge is 0.264 e. The number of nitrogens with one attached hydrogen (secondary N) is 1. The van der Waals surface area contributed by atoms with E-state index >= 15 is 0 Å². The molecule has 1 atom stereocenters. The van der Waals surface area contributed by atoms with Gasteiger partial charge >= 0.3 is 0 Å². The number of halogens is 1. The summed E-state index contributed by atoms with van der Waals surface area (Å²) >= 11 is 3.52. The van der Waals surface area contributed by atoms with E-state index in [9.17, 15) is 18.0 Å². The standard InChI is InChI=1S/C37H42BrN3O5S/c1-6-46-34-18-11-10-17-32(34)41(47(44,45)31-21-19-27(2)20-22-31)26-35(42)40(25-29-15-12-16-30(38)23-29)33(36(43)39-37(3,4)5)24-28-13-8-7-9-14-28/h7-23,33H,6,24-26H2,1-5H3,(H,39,43). The van der Waals surface area contributed by atoms with Crippen LogP contribution in [0.2, 0.25) is 0 Å². The first kappa shape index (κ1) is 35.7. The van der Waals surface area contributed by atoms with Crippen LogP contribution < -0.4 is 14.4 Å². The number of nitrogens with zero attached hydrogens (tertiary/aromatic N) is 2. The van der Waals surface area contributed by atoms with Crippen molar-refractivity contribution in [2.75, 3.05) is 17.5 Å². The van der Waals surface area contributed by atoms with Gasteiger partial charge in [0.25, 0.3) is 10.0 Å². The molecule has 8 nitrogen and oxygen atoms in total. The van der Waals surface area contributed by atoms with E-state index in [-0.39, 0.29) is 29.5 Å². The van der Waals surface area contributed by atoms with Gasteiger partial charge in [0.05, 0.1) is 17.2 Å². The predicted molar refractivity (Wildman–Crippen MR) is 190 cm³/mol. The van der Waals surface area contributed by atoms with Crippen LogP contribution in [0, 0.1) is 6.92 Å². The van der Waals surface area contributed by atoms with Crippen molar-refractivity contribution in [1.82, 2.24) is 10.2 Å². The maximum absolute atomic E-state index is 14.7. The van der Waals surface area contributed by atoms with E-state index in [1.54, 1.807) is 36.4 Å². The second kappa shape index (κ2) is 15.6. The van der Waals surface area contributed by atoms with Gasteiger partial charge < -0.3 is 15.0 Å². The zero-order chi connectivity index (χ0) is 34.2. The van der Waals surface area contributed by atoms with Crippen LogP contribution in [-0.4, -0.2) is 49.9 Å². The fraction of sp³-hybridized carbons (Fsp3) is 0.297. The summed E-state index contributed by atoms with van der Waals surface area (Å²) in [5, 5.41) is 3.05. The summed E-state index contributed by atoms with van der Waals surface area (Å²) in [6.07, 6.45) is 0.225. The van der Waals surface area contributed by atoms with E-state index in [2.05, 4.69) is 21.2 Å². The summed E-state index contributed by atoms with van der Waals surface area (Å²) in [7, 11) is -4.26. The number of carbonyl (C=O) groups excluding carboxylic acids is 2. The van der Waals surface area contributed by atoms with Crippen molar-refractivity contribution in [3.63, 3.8) is 0 Å². The zero-order valence-corrected chi connectivity index (χ0v) is 29.8. The van der Waals surface area contributed by atoms with E-state index < -0.39 is 34.1 Å². The molecular formula is C37H42BrN3O5S. The third kappa shape index (κ3) is 9.68. The zero-order valence-electron chi connectivity index (χ0n) is 27.4. The number of sulfonamides is 1. The molecule has 0 aliphatic carbocycles. The number of hydrogen-bond acceptors (Lipinski definition) is 5. The van der Waals surface area contributed by atoms with Crippen molar-refractivity contribution in [3.8, 4) is 5.75 Å². The highest BCUT2D eigenvalue weighted by Gasteiger charge is 2.36. The van der Waals surface area contributed by atoms with Crippen LogP contribution in [0.5, 0.6) is 5.75 Å². The third-order valence-electron chi connectivity index (χ3n) is 7.33. The first-order valence-corrected chi connectivity index (χ1v) is 17.7. The Morgan fingerprint density at radius 3 is 2.15 bits per heavy atom. The van der Waals surface area contributed by atoms with Crippen LogP contribution in [-0.2, 0) is 32.6 Å². The third-order valence-corrected chi connectivity index (χ3v) is 9.60. The molecule has 0 fully saturated rings.